The lowest BCUT2D eigenvalue weighted by atomic mass is 9.97. The molecule has 1 aromatic rings. The Labute approximate surface area is 146 Å². The fourth-order valence-electron chi connectivity index (χ4n) is 3.09. The third-order valence-electron chi connectivity index (χ3n) is 4.59. The van der Waals surface area contributed by atoms with Crippen LogP contribution < -0.4 is 10.1 Å². The Kier molecular flexibility index (Phi) is 6.89. The molecule has 0 aromatic heterocycles. The Balaban J connectivity index is 1.87. The van der Waals surface area contributed by atoms with E-state index in [4.69, 9.17) is 4.74 Å². The van der Waals surface area contributed by atoms with E-state index in [9.17, 15) is 4.79 Å². The number of allylic oxidation sites excluding steroid dienone is 1. The van der Waals surface area contributed by atoms with Crippen LogP contribution in [0.15, 0.2) is 29.8 Å². The van der Waals surface area contributed by atoms with Crippen molar-refractivity contribution in [3.8, 4) is 5.75 Å². The van der Waals surface area contributed by atoms with E-state index in [0.29, 0.717) is 12.5 Å². The van der Waals surface area contributed by atoms with Crippen molar-refractivity contribution in [1.82, 2.24) is 5.32 Å². The highest BCUT2D eigenvalue weighted by Crippen LogP contribution is 2.28. The van der Waals surface area contributed by atoms with Crippen LogP contribution in [0.25, 0.3) is 0 Å². The van der Waals surface area contributed by atoms with Crippen molar-refractivity contribution < 1.29 is 9.53 Å². The van der Waals surface area contributed by atoms with Gasteiger partial charge in [-0.3, -0.25) is 4.79 Å². The molecule has 3 nitrogen and oxygen atoms in total. The van der Waals surface area contributed by atoms with Crippen molar-refractivity contribution in [2.45, 2.75) is 71.8 Å². The number of aryl methyl sites for hydroxylation is 1. The summed E-state index contributed by atoms with van der Waals surface area (Å²) < 4.78 is 5.97. The van der Waals surface area contributed by atoms with Crippen LogP contribution in [0.5, 0.6) is 5.75 Å². The highest BCUT2D eigenvalue weighted by atomic mass is 16.5. The third kappa shape index (κ3) is 5.40. The molecule has 1 N–H and O–H groups in total. The molecule has 1 aliphatic rings. The zero-order valence-electron chi connectivity index (χ0n) is 15.5. The quantitative estimate of drug-likeness (QED) is 0.723. The van der Waals surface area contributed by atoms with Gasteiger partial charge in [0.1, 0.15) is 5.75 Å². The molecule has 24 heavy (non-hydrogen) atoms. The average molecular weight is 329 g/mol. The zero-order chi connectivity index (χ0) is 17.5. The molecule has 0 heterocycles. The summed E-state index contributed by atoms with van der Waals surface area (Å²) in [5, 5.41) is 3.01. The maximum Gasteiger partial charge on any atom is 0.260 e. The van der Waals surface area contributed by atoms with Crippen LogP contribution in [0.1, 0.15) is 69.9 Å². The van der Waals surface area contributed by atoms with Crippen LogP contribution >= 0.6 is 0 Å². The molecule has 132 valence electrons. The molecule has 1 aliphatic carbocycles. The highest BCUT2D eigenvalue weighted by Gasteiger charge is 2.17. The molecule has 0 saturated carbocycles. The second-order valence-electron chi connectivity index (χ2n) is 7.11. The van der Waals surface area contributed by atoms with Gasteiger partial charge >= 0.3 is 0 Å². The fraction of sp³-hybridized carbons (Fsp3) is 0.571. The van der Waals surface area contributed by atoms with Crippen molar-refractivity contribution in [1.29, 1.82) is 0 Å². The lowest BCUT2D eigenvalue weighted by Crippen LogP contribution is -2.37. The van der Waals surface area contributed by atoms with Gasteiger partial charge < -0.3 is 10.1 Å². The predicted octanol–water partition coefficient (Wildman–Crippen LogP) is 4.89. The Morgan fingerprint density at radius 3 is 2.71 bits per heavy atom. The van der Waals surface area contributed by atoms with Crippen LogP contribution in [-0.2, 0) is 4.79 Å². The molecule has 0 saturated heterocycles. The topological polar surface area (TPSA) is 38.3 Å². The molecule has 0 fully saturated rings. The number of ether oxygens (including phenoxy) is 1. The van der Waals surface area contributed by atoms with Gasteiger partial charge in [-0.1, -0.05) is 37.6 Å². The molecule has 0 spiro atoms. The van der Waals surface area contributed by atoms with Gasteiger partial charge in [-0.05, 0) is 69.1 Å². The van der Waals surface area contributed by atoms with Gasteiger partial charge in [0.15, 0.2) is 6.10 Å². The number of benzene rings is 1. The van der Waals surface area contributed by atoms with Gasteiger partial charge in [0.2, 0.25) is 0 Å². The van der Waals surface area contributed by atoms with Crippen LogP contribution in [0.4, 0.5) is 0 Å². The second kappa shape index (κ2) is 8.91. The zero-order valence-corrected chi connectivity index (χ0v) is 15.5. The van der Waals surface area contributed by atoms with Crippen LogP contribution in [0.3, 0.4) is 0 Å². The third-order valence-corrected chi connectivity index (χ3v) is 4.59. The minimum Gasteiger partial charge on any atom is -0.481 e. The van der Waals surface area contributed by atoms with E-state index >= 15 is 0 Å². The van der Waals surface area contributed by atoms with Crippen molar-refractivity contribution in [3.63, 3.8) is 0 Å². The van der Waals surface area contributed by atoms with E-state index in [1.54, 1.807) is 0 Å². The summed E-state index contributed by atoms with van der Waals surface area (Å²) in [6.45, 7) is 8.84. The van der Waals surface area contributed by atoms with E-state index in [1.807, 2.05) is 19.9 Å². The summed E-state index contributed by atoms with van der Waals surface area (Å²) in [7, 11) is 0. The van der Waals surface area contributed by atoms with Gasteiger partial charge in [-0.25, -0.2) is 0 Å². The monoisotopic (exact) mass is 329 g/mol. The van der Waals surface area contributed by atoms with E-state index in [2.05, 4.69) is 37.4 Å². The molecule has 0 bridgehead atoms. The lowest BCUT2D eigenvalue weighted by Gasteiger charge is -2.20. The molecular formula is C21H31NO2. The summed E-state index contributed by atoms with van der Waals surface area (Å²) in [6.07, 6.45) is 7.76. The summed E-state index contributed by atoms with van der Waals surface area (Å²) in [5.74, 6) is 1.15. The summed E-state index contributed by atoms with van der Waals surface area (Å²) in [4.78, 5) is 12.3. The molecule has 0 aliphatic heterocycles. The Morgan fingerprint density at radius 2 is 2.04 bits per heavy atom. The van der Waals surface area contributed by atoms with Crippen LogP contribution in [0, 0.1) is 6.92 Å². The smallest absolute Gasteiger partial charge is 0.260 e. The normalized spacial score (nSPS) is 15.8. The number of carbonyl (C=O) groups excluding carboxylic acids is 1. The number of nitrogens with one attached hydrogen (secondary N) is 1. The van der Waals surface area contributed by atoms with E-state index < -0.39 is 6.10 Å². The lowest BCUT2D eigenvalue weighted by molar-refractivity contribution is -0.127. The fourth-order valence-corrected chi connectivity index (χ4v) is 3.09. The summed E-state index contributed by atoms with van der Waals surface area (Å²) in [5.41, 5.74) is 3.77. The van der Waals surface area contributed by atoms with Crippen LogP contribution in [0.2, 0.25) is 0 Å². The molecule has 1 atom stereocenters. The van der Waals surface area contributed by atoms with Gasteiger partial charge in [-0.2, -0.15) is 0 Å². The number of hydrogen-bond acceptors (Lipinski definition) is 2. The SMILES string of the molecule is Cc1ccc(C(C)C)c(OC(C)C(=O)NCCC2=CCCCC2)c1. The maximum absolute atomic E-state index is 12.3. The standard InChI is InChI=1S/C21H31NO2/c1-15(2)19-11-10-16(3)14-20(19)24-17(4)21(23)22-13-12-18-8-6-5-7-9-18/h8,10-11,14-15,17H,5-7,9,12-13H2,1-4H3,(H,22,23). The van der Waals surface area contributed by atoms with E-state index in [1.165, 1.54) is 31.3 Å². The molecule has 1 aromatic carbocycles. The summed E-state index contributed by atoms with van der Waals surface area (Å²) in [6, 6.07) is 6.20. The summed E-state index contributed by atoms with van der Waals surface area (Å²) >= 11 is 0. The molecule has 1 amide bonds. The first kappa shape index (κ1) is 18.6. The van der Waals surface area contributed by atoms with Crippen LogP contribution in [-0.4, -0.2) is 18.6 Å². The van der Waals surface area contributed by atoms with Gasteiger partial charge in [0.05, 0.1) is 0 Å². The molecule has 1 unspecified atom stereocenters. The number of carbonyl (C=O) groups is 1. The molecule has 0 radical (unpaired) electrons. The Hall–Kier alpha value is -1.77. The molecule has 2 rings (SSSR count). The second-order valence-corrected chi connectivity index (χ2v) is 7.11. The van der Waals surface area contributed by atoms with E-state index in [-0.39, 0.29) is 5.91 Å². The Morgan fingerprint density at radius 1 is 1.25 bits per heavy atom. The molecule has 3 heteroatoms. The number of amides is 1. The average Bonchev–Trinajstić information content (AvgIpc) is 2.55. The van der Waals surface area contributed by atoms with Gasteiger partial charge in [0, 0.05) is 6.54 Å². The first-order chi connectivity index (χ1) is 11.5. The Bertz CT molecular complexity index is 590. The first-order valence-electron chi connectivity index (χ1n) is 9.20. The minimum atomic E-state index is -0.482. The van der Waals surface area contributed by atoms with Crippen molar-refractivity contribution in [2.75, 3.05) is 6.54 Å². The van der Waals surface area contributed by atoms with Crippen molar-refractivity contribution >= 4 is 5.91 Å². The number of hydrogen-bond donors (Lipinski definition) is 1. The largest absolute Gasteiger partial charge is 0.481 e. The van der Waals surface area contributed by atoms with Crippen molar-refractivity contribution in [2.24, 2.45) is 0 Å². The number of rotatable bonds is 7. The highest BCUT2D eigenvalue weighted by molar-refractivity contribution is 5.80. The minimum absolute atomic E-state index is 0.0392. The van der Waals surface area contributed by atoms with E-state index in [0.717, 1.165) is 23.3 Å². The van der Waals surface area contributed by atoms with Gasteiger partial charge in [-0.15, -0.1) is 0 Å². The van der Waals surface area contributed by atoms with Crippen molar-refractivity contribution in [3.05, 3.63) is 41.0 Å². The maximum atomic E-state index is 12.3. The van der Waals surface area contributed by atoms with Gasteiger partial charge in [0.25, 0.3) is 5.91 Å². The predicted molar refractivity (Wildman–Crippen MR) is 99.5 cm³/mol. The molecular weight excluding hydrogens is 298 g/mol. The first-order valence-corrected chi connectivity index (χ1v) is 9.20.